The van der Waals surface area contributed by atoms with E-state index in [4.69, 9.17) is 16.3 Å². The van der Waals surface area contributed by atoms with E-state index in [0.717, 1.165) is 12.2 Å². The topological polar surface area (TPSA) is 112 Å². The second-order valence-corrected chi connectivity index (χ2v) is 8.19. The number of aromatic nitrogens is 3. The van der Waals surface area contributed by atoms with E-state index in [1.807, 2.05) is 28.8 Å². The Bertz CT molecular complexity index is 1150. The highest BCUT2D eigenvalue weighted by molar-refractivity contribution is 7.99. The number of nitrogens with zero attached hydrogens (tertiary/aromatic N) is 4. The van der Waals surface area contributed by atoms with E-state index in [1.165, 1.54) is 35.5 Å². The first-order valence-electron chi connectivity index (χ1n) is 10.0. The number of thioether (sulfide) groups is 1. The first kappa shape index (κ1) is 24.3. The maximum Gasteiger partial charge on any atom is 0.289 e. The largest absolute Gasteiger partial charge is 0.486 e. The molecule has 1 aromatic heterocycles. The van der Waals surface area contributed by atoms with Crippen LogP contribution in [0.2, 0.25) is 5.02 Å². The third-order valence-corrected chi connectivity index (χ3v) is 5.85. The van der Waals surface area contributed by atoms with Gasteiger partial charge in [-0.2, -0.15) is 0 Å². The van der Waals surface area contributed by atoms with Crippen LogP contribution in [0.3, 0.4) is 0 Å². The van der Waals surface area contributed by atoms with Crippen molar-refractivity contribution in [3.8, 4) is 5.75 Å². The van der Waals surface area contributed by atoms with E-state index in [2.05, 4.69) is 29.0 Å². The van der Waals surface area contributed by atoms with Crippen LogP contribution >= 0.6 is 23.4 Å². The van der Waals surface area contributed by atoms with Crippen molar-refractivity contribution in [3.05, 3.63) is 81.6 Å². The second kappa shape index (κ2) is 11.5. The number of aryl methyl sites for hydroxylation is 1. The molecule has 0 bridgehead atoms. The second-order valence-electron chi connectivity index (χ2n) is 6.84. The van der Waals surface area contributed by atoms with Crippen LogP contribution in [-0.2, 0) is 24.4 Å². The fourth-order valence-electron chi connectivity index (χ4n) is 2.87. The molecule has 0 fully saturated rings. The highest BCUT2D eigenvalue weighted by atomic mass is 35.5. The number of carbonyl (C=O) groups excluding carboxylic acids is 1. The Morgan fingerprint density at radius 3 is 2.73 bits per heavy atom. The summed E-state index contributed by atoms with van der Waals surface area (Å²) in [6.45, 7) is 6.52. The molecule has 0 aliphatic heterocycles. The van der Waals surface area contributed by atoms with E-state index < -0.39 is 4.92 Å². The summed E-state index contributed by atoms with van der Waals surface area (Å²) in [7, 11) is 0. The molecular formula is C22H22ClN5O4S. The van der Waals surface area contributed by atoms with E-state index >= 15 is 0 Å². The number of nitro benzene ring substituents is 1. The van der Waals surface area contributed by atoms with Gasteiger partial charge >= 0.3 is 0 Å². The van der Waals surface area contributed by atoms with Crippen molar-refractivity contribution in [1.29, 1.82) is 0 Å². The lowest BCUT2D eigenvalue weighted by Crippen LogP contribution is -2.15. The third kappa shape index (κ3) is 6.56. The van der Waals surface area contributed by atoms with Crippen molar-refractivity contribution < 1.29 is 14.5 Å². The predicted molar refractivity (Wildman–Crippen MR) is 128 cm³/mol. The third-order valence-electron chi connectivity index (χ3n) is 4.56. The maximum atomic E-state index is 12.4. The predicted octanol–water partition coefficient (Wildman–Crippen LogP) is 4.90. The fourth-order valence-corrected chi connectivity index (χ4v) is 3.82. The van der Waals surface area contributed by atoms with Gasteiger partial charge in [0.2, 0.25) is 5.91 Å². The molecule has 3 rings (SSSR count). The number of rotatable bonds is 11. The van der Waals surface area contributed by atoms with Gasteiger partial charge in [-0.1, -0.05) is 48.5 Å². The van der Waals surface area contributed by atoms with E-state index in [9.17, 15) is 14.9 Å². The molecule has 9 nitrogen and oxygen atoms in total. The number of benzene rings is 2. The number of ether oxygens (including phenoxy) is 1. The number of anilines is 1. The van der Waals surface area contributed by atoms with Gasteiger partial charge in [-0.25, -0.2) is 0 Å². The van der Waals surface area contributed by atoms with Crippen LogP contribution in [0.5, 0.6) is 5.75 Å². The van der Waals surface area contributed by atoms with Crippen molar-refractivity contribution in [3.63, 3.8) is 0 Å². The van der Waals surface area contributed by atoms with Crippen molar-refractivity contribution >= 4 is 40.6 Å². The Morgan fingerprint density at radius 2 is 2.06 bits per heavy atom. The zero-order valence-electron chi connectivity index (χ0n) is 17.9. The van der Waals surface area contributed by atoms with Gasteiger partial charge in [0.05, 0.1) is 10.7 Å². The summed E-state index contributed by atoms with van der Waals surface area (Å²) < 4.78 is 7.64. The van der Waals surface area contributed by atoms with Crippen LogP contribution in [0.1, 0.15) is 18.3 Å². The Hall–Kier alpha value is -3.37. The van der Waals surface area contributed by atoms with Gasteiger partial charge in [0, 0.05) is 18.3 Å². The lowest BCUT2D eigenvalue weighted by Gasteiger charge is -2.10. The molecule has 0 radical (unpaired) electrons. The van der Waals surface area contributed by atoms with Crippen molar-refractivity contribution in [1.82, 2.24) is 14.8 Å². The lowest BCUT2D eigenvalue weighted by molar-refractivity contribution is -0.384. The number of nitro groups is 1. The van der Waals surface area contributed by atoms with Gasteiger partial charge in [0.25, 0.3) is 5.69 Å². The molecule has 1 amide bonds. The van der Waals surface area contributed by atoms with Crippen molar-refractivity contribution in [2.45, 2.75) is 31.7 Å². The van der Waals surface area contributed by atoms with Gasteiger partial charge < -0.3 is 10.1 Å². The normalized spacial score (nSPS) is 10.6. The Kier molecular flexibility index (Phi) is 8.45. The van der Waals surface area contributed by atoms with E-state index in [-0.39, 0.29) is 34.7 Å². The number of hydrogen-bond acceptors (Lipinski definition) is 7. The van der Waals surface area contributed by atoms with Gasteiger partial charge in [-0.15, -0.1) is 16.8 Å². The van der Waals surface area contributed by atoms with Crippen molar-refractivity contribution in [2.24, 2.45) is 0 Å². The SMILES string of the molecule is C=CCn1c(COc2ccc(CC)cc2)nnc1SCC(=O)Nc1ccc(Cl)c([N+](=O)[O-])c1. The Morgan fingerprint density at radius 1 is 1.30 bits per heavy atom. The van der Waals surface area contributed by atoms with Gasteiger partial charge in [-0.05, 0) is 36.2 Å². The standard InChI is InChI=1S/C22H22ClN5O4S/c1-3-11-27-20(13-32-17-8-5-15(4-2)6-9-17)25-26-22(27)33-14-21(29)24-16-7-10-18(23)19(12-16)28(30)31/h3,5-10,12H,1,4,11,13-14H2,2H3,(H,24,29). The zero-order valence-corrected chi connectivity index (χ0v) is 19.4. The van der Waals surface area contributed by atoms with E-state index in [0.29, 0.717) is 17.5 Å². The summed E-state index contributed by atoms with van der Waals surface area (Å²) in [6.07, 6.45) is 2.66. The first-order valence-corrected chi connectivity index (χ1v) is 11.4. The molecule has 0 aliphatic rings. The minimum atomic E-state index is -0.605. The summed E-state index contributed by atoms with van der Waals surface area (Å²) in [5, 5.41) is 22.5. The van der Waals surface area contributed by atoms with E-state index in [1.54, 1.807) is 6.08 Å². The zero-order chi connectivity index (χ0) is 23.8. The quantitative estimate of drug-likeness (QED) is 0.177. The molecular weight excluding hydrogens is 466 g/mol. The molecule has 3 aromatic rings. The molecule has 172 valence electrons. The smallest absolute Gasteiger partial charge is 0.289 e. The van der Waals surface area contributed by atoms with Crippen LogP contribution in [0.4, 0.5) is 11.4 Å². The van der Waals surface area contributed by atoms with Gasteiger partial charge in [-0.3, -0.25) is 19.5 Å². The number of amides is 1. The number of carbonyl (C=O) groups is 1. The molecule has 2 aromatic carbocycles. The van der Waals surface area contributed by atoms with Crippen LogP contribution in [-0.4, -0.2) is 31.3 Å². The molecule has 0 unspecified atom stereocenters. The maximum absolute atomic E-state index is 12.4. The lowest BCUT2D eigenvalue weighted by atomic mass is 10.2. The van der Waals surface area contributed by atoms with Crippen molar-refractivity contribution in [2.75, 3.05) is 11.1 Å². The number of hydrogen-bond donors (Lipinski definition) is 1. The number of nitrogens with one attached hydrogen (secondary N) is 1. The number of allylic oxidation sites excluding steroid dienone is 1. The van der Waals surface area contributed by atoms with Crippen LogP contribution in [0, 0.1) is 10.1 Å². The summed E-state index contributed by atoms with van der Waals surface area (Å²) in [5.74, 6) is 1.01. The molecule has 11 heteroatoms. The highest BCUT2D eigenvalue weighted by Crippen LogP contribution is 2.27. The molecule has 1 heterocycles. The monoisotopic (exact) mass is 487 g/mol. The van der Waals surface area contributed by atoms with Gasteiger partial charge in [0.1, 0.15) is 17.4 Å². The molecule has 0 atom stereocenters. The van der Waals surface area contributed by atoms with Crippen LogP contribution in [0.15, 0.2) is 60.3 Å². The first-order chi connectivity index (χ1) is 15.9. The van der Waals surface area contributed by atoms with Crippen LogP contribution < -0.4 is 10.1 Å². The number of halogens is 1. The highest BCUT2D eigenvalue weighted by Gasteiger charge is 2.16. The molecule has 0 saturated heterocycles. The average molecular weight is 488 g/mol. The summed E-state index contributed by atoms with van der Waals surface area (Å²) in [4.78, 5) is 22.8. The minimum Gasteiger partial charge on any atom is -0.486 e. The van der Waals surface area contributed by atoms with Gasteiger partial charge in [0.15, 0.2) is 11.0 Å². The summed E-state index contributed by atoms with van der Waals surface area (Å²) >= 11 is 6.99. The molecule has 1 N–H and O–H groups in total. The Labute approximate surface area is 200 Å². The molecule has 0 aliphatic carbocycles. The summed E-state index contributed by atoms with van der Waals surface area (Å²) in [5.41, 5.74) is 1.23. The average Bonchev–Trinajstić information content (AvgIpc) is 3.19. The molecule has 0 spiro atoms. The minimum absolute atomic E-state index is 0.000885. The van der Waals surface area contributed by atoms with Crippen LogP contribution in [0.25, 0.3) is 0 Å². The Balaban J connectivity index is 1.61. The summed E-state index contributed by atoms with van der Waals surface area (Å²) in [6, 6.07) is 11.9. The molecule has 0 saturated carbocycles. The molecule has 33 heavy (non-hydrogen) atoms. The fraction of sp³-hybridized carbons (Fsp3) is 0.227.